The third kappa shape index (κ3) is 4.59. The summed E-state index contributed by atoms with van der Waals surface area (Å²) in [6.07, 6.45) is 2.69. The van der Waals surface area contributed by atoms with Gasteiger partial charge < -0.3 is 4.42 Å². The second-order valence-corrected chi connectivity index (χ2v) is 5.70. The highest BCUT2D eigenvalue weighted by atomic mass is 16.3. The average Bonchev–Trinajstić information content (AvgIpc) is 3.10. The normalized spacial score (nSPS) is 11.0. The van der Waals surface area contributed by atoms with E-state index in [9.17, 15) is 0 Å². The maximum absolute atomic E-state index is 5.71. The van der Waals surface area contributed by atoms with E-state index in [-0.39, 0.29) is 0 Å². The van der Waals surface area contributed by atoms with Gasteiger partial charge in [0.05, 0.1) is 19.3 Å². The Morgan fingerprint density at radius 1 is 0.833 bits per heavy atom. The molecule has 0 spiro atoms. The zero-order valence-electron chi connectivity index (χ0n) is 13.9. The second kappa shape index (κ2) is 8.16. The molecule has 0 aliphatic carbocycles. The smallest absolute Gasteiger partial charge is 0.147 e. The molecular formula is C21H22N2O. The van der Waals surface area contributed by atoms with Gasteiger partial charge in [-0.3, -0.25) is 5.01 Å². The molecule has 0 unspecified atom stereocenters. The number of hydrazone groups is 1. The van der Waals surface area contributed by atoms with Crippen molar-refractivity contribution in [3.8, 4) is 0 Å². The first-order valence-electron chi connectivity index (χ1n) is 8.29. The number of hydrogen-bond donors (Lipinski definition) is 0. The summed E-state index contributed by atoms with van der Waals surface area (Å²) in [6.45, 7) is 3.60. The third-order valence-electron chi connectivity index (χ3n) is 3.79. The van der Waals surface area contributed by atoms with Gasteiger partial charge in [-0.05, 0) is 23.3 Å². The molecule has 0 fully saturated rings. The Hall–Kier alpha value is -2.81. The van der Waals surface area contributed by atoms with Crippen LogP contribution in [0.25, 0.3) is 0 Å². The molecule has 0 bridgehead atoms. The molecule has 0 saturated heterocycles. The minimum absolute atomic E-state index is 0.758. The van der Waals surface area contributed by atoms with Crippen LogP contribution in [0.5, 0.6) is 0 Å². The first-order valence-corrected chi connectivity index (χ1v) is 8.29. The van der Waals surface area contributed by atoms with Crippen molar-refractivity contribution >= 4 is 6.21 Å². The van der Waals surface area contributed by atoms with E-state index in [0.717, 1.165) is 31.0 Å². The van der Waals surface area contributed by atoms with E-state index >= 15 is 0 Å². The van der Waals surface area contributed by atoms with Crippen LogP contribution in [0.4, 0.5) is 0 Å². The summed E-state index contributed by atoms with van der Waals surface area (Å²) >= 11 is 0. The van der Waals surface area contributed by atoms with Crippen LogP contribution in [0, 0.1) is 0 Å². The van der Waals surface area contributed by atoms with Crippen molar-refractivity contribution in [1.29, 1.82) is 0 Å². The Labute approximate surface area is 143 Å². The first-order chi connectivity index (χ1) is 11.8. The van der Waals surface area contributed by atoms with Crippen LogP contribution in [-0.4, -0.2) is 11.2 Å². The molecule has 0 aliphatic rings. The Morgan fingerprint density at radius 3 is 1.92 bits per heavy atom. The van der Waals surface area contributed by atoms with Gasteiger partial charge in [-0.1, -0.05) is 67.6 Å². The molecule has 0 amide bonds. The largest absolute Gasteiger partial charge is 0.460 e. The Balaban J connectivity index is 1.75. The molecule has 0 N–H and O–H groups in total. The van der Waals surface area contributed by atoms with Crippen molar-refractivity contribution in [3.05, 3.63) is 95.4 Å². The summed E-state index contributed by atoms with van der Waals surface area (Å²) in [7, 11) is 0. The van der Waals surface area contributed by atoms with E-state index in [1.807, 2.05) is 24.3 Å². The predicted octanol–water partition coefficient (Wildman–Crippen LogP) is 4.88. The number of nitrogens with zero attached hydrogens (tertiary/aromatic N) is 2. The van der Waals surface area contributed by atoms with Gasteiger partial charge in [0.2, 0.25) is 0 Å². The Bertz CT molecular complexity index is 721. The van der Waals surface area contributed by atoms with Crippen molar-refractivity contribution in [2.75, 3.05) is 0 Å². The topological polar surface area (TPSA) is 28.7 Å². The van der Waals surface area contributed by atoms with E-state index in [1.165, 1.54) is 11.1 Å². The van der Waals surface area contributed by atoms with Crippen molar-refractivity contribution in [1.82, 2.24) is 5.01 Å². The summed E-state index contributed by atoms with van der Waals surface area (Å²) in [5, 5.41) is 6.70. The molecule has 1 aromatic heterocycles. The molecule has 3 aromatic rings. The standard InChI is InChI=1S/C21H22N2O/c1-2-20-13-14-21(24-20)15-22-23(16-18-9-5-3-6-10-18)17-19-11-7-4-8-12-19/h3-15H,2,16-17H2,1H3/b22-15+. The zero-order chi connectivity index (χ0) is 16.6. The number of aryl methyl sites for hydroxylation is 1. The highest BCUT2D eigenvalue weighted by Crippen LogP contribution is 2.12. The number of furan rings is 1. The van der Waals surface area contributed by atoms with Gasteiger partial charge in [0.15, 0.2) is 0 Å². The van der Waals surface area contributed by atoms with E-state index in [1.54, 1.807) is 6.21 Å². The van der Waals surface area contributed by atoms with Crippen LogP contribution in [0.15, 0.2) is 82.3 Å². The first kappa shape index (κ1) is 16.1. The van der Waals surface area contributed by atoms with Crippen molar-refractivity contribution in [2.45, 2.75) is 26.4 Å². The Kier molecular flexibility index (Phi) is 5.46. The lowest BCUT2D eigenvalue weighted by molar-refractivity contribution is 0.272. The van der Waals surface area contributed by atoms with Crippen LogP contribution in [0.2, 0.25) is 0 Å². The van der Waals surface area contributed by atoms with Crippen LogP contribution < -0.4 is 0 Å². The lowest BCUT2D eigenvalue weighted by Gasteiger charge is -2.19. The molecule has 0 radical (unpaired) electrons. The molecule has 1 heterocycles. The average molecular weight is 318 g/mol. The maximum Gasteiger partial charge on any atom is 0.147 e. The molecule has 3 heteroatoms. The second-order valence-electron chi connectivity index (χ2n) is 5.70. The van der Waals surface area contributed by atoms with E-state index in [4.69, 9.17) is 4.42 Å². The lowest BCUT2D eigenvalue weighted by atomic mass is 10.2. The van der Waals surface area contributed by atoms with Crippen LogP contribution in [0.1, 0.15) is 29.6 Å². The molecule has 122 valence electrons. The minimum Gasteiger partial charge on any atom is -0.460 e. The molecule has 24 heavy (non-hydrogen) atoms. The quantitative estimate of drug-likeness (QED) is 0.459. The van der Waals surface area contributed by atoms with Gasteiger partial charge in [0.25, 0.3) is 0 Å². The fourth-order valence-corrected chi connectivity index (χ4v) is 2.52. The lowest BCUT2D eigenvalue weighted by Crippen LogP contribution is -2.16. The van der Waals surface area contributed by atoms with Crippen LogP contribution in [0.3, 0.4) is 0 Å². The summed E-state index contributed by atoms with van der Waals surface area (Å²) in [6, 6.07) is 24.7. The predicted molar refractivity (Wildman–Crippen MR) is 97.8 cm³/mol. The van der Waals surface area contributed by atoms with Crippen LogP contribution >= 0.6 is 0 Å². The summed E-state index contributed by atoms with van der Waals surface area (Å²) in [5.74, 6) is 1.77. The van der Waals surface area contributed by atoms with E-state index < -0.39 is 0 Å². The van der Waals surface area contributed by atoms with Gasteiger partial charge in [-0.15, -0.1) is 0 Å². The molecular weight excluding hydrogens is 296 g/mol. The molecule has 3 rings (SSSR count). The summed E-state index contributed by atoms with van der Waals surface area (Å²) < 4.78 is 5.71. The van der Waals surface area contributed by atoms with Gasteiger partial charge in [0, 0.05) is 6.42 Å². The molecule has 0 aliphatic heterocycles. The highest BCUT2D eigenvalue weighted by Gasteiger charge is 2.05. The van der Waals surface area contributed by atoms with Gasteiger partial charge in [-0.25, -0.2) is 0 Å². The zero-order valence-corrected chi connectivity index (χ0v) is 13.9. The maximum atomic E-state index is 5.71. The number of rotatable bonds is 7. The van der Waals surface area contributed by atoms with E-state index in [2.05, 4.69) is 65.6 Å². The SMILES string of the molecule is CCc1ccc(/C=N/N(Cc2ccccc2)Cc2ccccc2)o1. The van der Waals surface area contributed by atoms with Gasteiger partial charge in [-0.2, -0.15) is 5.10 Å². The summed E-state index contributed by atoms with van der Waals surface area (Å²) in [4.78, 5) is 0. The minimum atomic E-state index is 0.758. The molecule has 3 nitrogen and oxygen atoms in total. The molecule has 0 atom stereocenters. The highest BCUT2D eigenvalue weighted by molar-refractivity contribution is 5.75. The van der Waals surface area contributed by atoms with Gasteiger partial charge in [0.1, 0.15) is 11.5 Å². The fraction of sp³-hybridized carbons (Fsp3) is 0.190. The van der Waals surface area contributed by atoms with E-state index in [0.29, 0.717) is 0 Å². The van der Waals surface area contributed by atoms with Crippen molar-refractivity contribution < 1.29 is 4.42 Å². The molecule has 2 aromatic carbocycles. The third-order valence-corrected chi connectivity index (χ3v) is 3.79. The summed E-state index contributed by atoms with van der Waals surface area (Å²) in [5.41, 5.74) is 2.47. The van der Waals surface area contributed by atoms with Crippen molar-refractivity contribution in [2.24, 2.45) is 5.10 Å². The monoisotopic (exact) mass is 318 g/mol. The number of hydrogen-bond acceptors (Lipinski definition) is 3. The Morgan fingerprint density at radius 2 is 1.42 bits per heavy atom. The number of benzene rings is 2. The van der Waals surface area contributed by atoms with Crippen molar-refractivity contribution in [3.63, 3.8) is 0 Å². The van der Waals surface area contributed by atoms with Crippen LogP contribution in [-0.2, 0) is 19.5 Å². The fourth-order valence-electron chi connectivity index (χ4n) is 2.52. The molecule has 0 saturated carbocycles. The van der Waals surface area contributed by atoms with Gasteiger partial charge >= 0.3 is 0 Å².